The normalized spacial score (nSPS) is 14.0. The number of benzene rings is 2. The molecule has 0 saturated carbocycles. The van der Waals surface area contributed by atoms with Crippen LogP contribution in [0.4, 0.5) is 0 Å². The van der Waals surface area contributed by atoms with Gasteiger partial charge >= 0.3 is 23.9 Å². The van der Waals surface area contributed by atoms with E-state index in [2.05, 4.69) is 16.7 Å². The molecule has 3 unspecified atom stereocenters. The maximum atomic E-state index is 13.4. The molecule has 11 nitrogen and oxygen atoms in total. The number of para-hydroxylation sites is 2. The summed E-state index contributed by atoms with van der Waals surface area (Å²) in [7, 11) is 0. The van der Waals surface area contributed by atoms with E-state index in [0.29, 0.717) is 12.8 Å². The van der Waals surface area contributed by atoms with E-state index in [1.54, 1.807) is 0 Å². The van der Waals surface area contributed by atoms with E-state index < -0.39 is 35.7 Å². The smallest absolute Gasteiger partial charge is 0.334 e. The first-order valence-electron chi connectivity index (χ1n) is 14.9. The molecule has 3 rings (SSSR count). The van der Waals surface area contributed by atoms with Crippen LogP contribution in [-0.2, 0) is 38.1 Å². The van der Waals surface area contributed by atoms with Gasteiger partial charge in [0.2, 0.25) is 0 Å². The van der Waals surface area contributed by atoms with Crippen LogP contribution in [0.3, 0.4) is 0 Å². The Labute approximate surface area is 262 Å². The summed E-state index contributed by atoms with van der Waals surface area (Å²) in [6.07, 6.45) is 2.72. The maximum Gasteiger partial charge on any atom is 0.334 e. The highest BCUT2D eigenvalue weighted by molar-refractivity contribution is 6.08. The Bertz CT molecular complexity index is 1490. The number of fused-ring (bicyclic) bond motifs is 3. The first-order valence-corrected chi connectivity index (χ1v) is 14.9. The van der Waals surface area contributed by atoms with E-state index in [1.165, 1.54) is 13.8 Å². The summed E-state index contributed by atoms with van der Waals surface area (Å²) in [6.45, 7) is 5.73. The molecule has 0 radical (unpaired) electrons. The van der Waals surface area contributed by atoms with Crippen LogP contribution in [0.1, 0.15) is 53.0 Å². The topological polar surface area (TPSA) is 151 Å². The highest BCUT2D eigenvalue weighted by Crippen LogP contribution is 2.35. The summed E-state index contributed by atoms with van der Waals surface area (Å²) < 4.78 is 22.9. The molecule has 0 saturated heterocycles. The third-order valence-corrected chi connectivity index (χ3v) is 7.21. The van der Waals surface area contributed by atoms with Crippen LogP contribution in [-0.4, -0.2) is 65.1 Å². The minimum atomic E-state index is -0.760. The molecule has 242 valence electrons. The van der Waals surface area contributed by atoms with Crippen LogP contribution in [0, 0.1) is 11.8 Å². The van der Waals surface area contributed by atoms with E-state index >= 15 is 0 Å². The molecule has 2 aromatic carbocycles. The molecule has 11 heteroatoms. The largest absolute Gasteiger partial charge is 0.512 e. The molecular weight excluding hydrogens is 582 g/mol. The van der Waals surface area contributed by atoms with Gasteiger partial charge in [-0.3, -0.25) is 9.59 Å². The predicted octanol–water partition coefficient (Wildman–Crippen LogP) is 5.87. The van der Waals surface area contributed by atoms with Crippen LogP contribution in [0.5, 0.6) is 0 Å². The molecule has 1 aromatic heterocycles. The van der Waals surface area contributed by atoms with Crippen LogP contribution in [0.15, 0.2) is 72.2 Å². The Morgan fingerprint density at radius 3 is 1.56 bits per heavy atom. The van der Waals surface area contributed by atoms with Crippen molar-refractivity contribution in [1.29, 1.82) is 0 Å². The molecule has 3 atom stereocenters. The standard InChI is InChI=1S/C34H41NO10/c1-5-25(33(40)44-16-14-42-31(38)19-23(3)36)21-26(34(41)45-17-15-43-32(39)20-24(4)37)18-22(2)35-29-12-8-6-10-27(29)28-11-7-9-13-30(28)35/h6-13,19-20,22,25-26,36-37H,5,14-18,21H2,1-4H3. The monoisotopic (exact) mass is 623 g/mol. The number of hydrogen-bond donors (Lipinski definition) is 2. The molecule has 3 aromatic rings. The number of esters is 4. The SMILES string of the molecule is CCC(CC(CC(C)n1c2ccccc2c2ccccc21)C(=O)OCCOC(=O)C=C(C)O)C(=O)OCCOC(=O)C=C(C)O. The average Bonchev–Trinajstić information content (AvgIpc) is 3.33. The molecule has 0 aliphatic heterocycles. The van der Waals surface area contributed by atoms with Crippen LogP contribution >= 0.6 is 0 Å². The Morgan fingerprint density at radius 1 is 0.689 bits per heavy atom. The van der Waals surface area contributed by atoms with Crippen molar-refractivity contribution < 1.29 is 48.3 Å². The quantitative estimate of drug-likeness (QED) is 0.0651. The molecule has 0 bridgehead atoms. The molecule has 0 aliphatic carbocycles. The molecular formula is C34H41NO10. The van der Waals surface area contributed by atoms with Gasteiger partial charge in [0.25, 0.3) is 0 Å². The first-order chi connectivity index (χ1) is 21.5. The zero-order valence-corrected chi connectivity index (χ0v) is 26.1. The zero-order valence-electron chi connectivity index (χ0n) is 26.1. The molecule has 0 fully saturated rings. The molecule has 1 heterocycles. The van der Waals surface area contributed by atoms with Gasteiger partial charge in [0.05, 0.1) is 35.5 Å². The molecule has 0 spiro atoms. The first kappa shape index (κ1) is 34.7. The van der Waals surface area contributed by atoms with Crippen molar-refractivity contribution in [1.82, 2.24) is 4.57 Å². The molecule has 0 aliphatic rings. The number of aliphatic hydroxyl groups excluding tert-OH is 2. The van der Waals surface area contributed by atoms with Crippen molar-refractivity contribution in [3.63, 3.8) is 0 Å². The number of ether oxygens (including phenoxy) is 4. The van der Waals surface area contributed by atoms with Gasteiger partial charge in [0.15, 0.2) is 0 Å². The number of rotatable bonds is 16. The number of allylic oxidation sites excluding steroid dienone is 2. The van der Waals surface area contributed by atoms with Crippen LogP contribution < -0.4 is 0 Å². The van der Waals surface area contributed by atoms with E-state index in [9.17, 15) is 24.3 Å². The Balaban J connectivity index is 1.75. The van der Waals surface area contributed by atoms with Gasteiger partial charge in [0, 0.05) is 27.8 Å². The van der Waals surface area contributed by atoms with Gasteiger partial charge in [-0.2, -0.15) is 0 Å². The number of carbonyl (C=O) groups is 4. The number of hydrogen-bond acceptors (Lipinski definition) is 10. The van der Waals surface area contributed by atoms with Gasteiger partial charge < -0.3 is 33.7 Å². The highest BCUT2D eigenvalue weighted by atomic mass is 16.6. The maximum absolute atomic E-state index is 13.4. The Hall–Kier alpha value is -4.80. The fourth-order valence-corrected chi connectivity index (χ4v) is 5.24. The average molecular weight is 624 g/mol. The Kier molecular flexibility index (Phi) is 13.0. The summed E-state index contributed by atoms with van der Waals surface area (Å²) in [5, 5.41) is 20.5. The summed E-state index contributed by atoms with van der Waals surface area (Å²) in [6, 6.07) is 15.9. The van der Waals surface area contributed by atoms with Crippen molar-refractivity contribution in [2.75, 3.05) is 26.4 Å². The molecule has 45 heavy (non-hydrogen) atoms. The fraction of sp³-hybridized carbons (Fsp3) is 0.412. The lowest BCUT2D eigenvalue weighted by Crippen LogP contribution is -2.29. The number of aliphatic hydroxyl groups is 2. The third-order valence-electron chi connectivity index (χ3n) is 7.21. The van der Waals surface area contributed by atoms with Gasteiger partial charge in [-0.05, 0) is 52.2 Å². The lowest BCUT2D eigenvalue weighted by molar-refractivity contribution is -0.158. The Morgan fingerprint density at radius 2 is 1.11 bits per heavy atom. The van der Waals surface area contributed by atoms with Crippen molar-refractivity contribution in [3.05, 3.63) is 72.2 Å². The van der Waals surface area contributed by atoms with Gasteiger partial charge in [-0.15, -0.1) is 0 Å². The van der Waals surface area contributed by atoms with E-state index in [-0.39, 0.29) is 50.4 Å². The van der Waals surface area contributed by atoms with E-state index in [1.807, 2.05) is 50.2 Å². The van der Waals surface area contributed by atoms with Crippen LogP contribution in [0.25, 0.3) is 21.8 Å². The van der Waals surface area contributed by atoms with E-state index in [4.69, 9.17) is 24.1 Å². The number of nitrogens with zero attached hydrogens (tertiary/aromatic N) is 1. The summed E-state index contributed by atoms with van der Waals surface area (Å²) in [5.74, 6) is -4.35. The summed E-state index contributed by atoms with van der Waals surface area (Å²) >= 11 is 0. The molecule has 0 amide bonds. The molecule has 2 N–H and O–H groups in total. The minimum absolute atomic E-state index is 0.147. The second-order valence-electron chi connectivity index (χ2n) is 10.8. The second kappa shape index (κ2) is 16.9. The predicted molar refractivity (Wildman–Crippen MR) is 167 cm³/mol. The van der Waals surface area contributed by atoms with Crippen LogP contribution in [0.2, 0.25) is 0 Å². The number of aromatic nitrogens is 1. The van der Waals surface area contributed by atoms with Gasteiger partial charge in [0.1, 0.15) is 26.4 Å². The minimum Gasteiger partial charge on any atom is -0.512 e. The van der Waals surface area contributed by atoms with Crippen molar-refractivity contribution in [3.8, 4) is 0 Å². The number of carbonyl (C=O) groups excluding carboxylic acids is 4. The lowest BCUT2D eigenvalue weighted by Gasteiger charge is -2.25. The summed E-state index contributed by atoms with van der Waals surface area (Å²) in [5.41, 5.74) is 2.04. The van der Waals surface area contributed by atoms with E-state index in [0.717, 1.165) is 34.0 Å². The highest BCUT2D eigenvalue weighted by Gasteiger charge is 2.31. The fourth-order valence-electron chi connectivity index (χ4n) is 5.24. The van der Waals surface area contributed by atoms with Crippen molar-refractivity contribution >= 4 is 45.7 Å². The lowest BCUT2D eigenvalue weighted by atomic mass is 9.88. The summed E-state index contributed by atoms with van der Waals surface area (Å²) in [4.78, 5) is 49.7. The third kappa shape index (κ3) is 10.1. The second-order valence-corrected chi connectivity index (χ2v) is 10.8. The van der Waals surface area contributed by atoms with Crippen molar-refractivity contribution in [2.45, 2.75) is 53.0 Å². The van der Waals surface area contributed by atoms with Crippen molar-refractivity contribution in [2.24, 2.45) is 11.8 Å². The van der Waals surface area contributed by atoms with Gasteiger partial charge in [-0.1, -0.05) is 43.3 Å². The van der Waals surface area contributed by atoms with Gasteiger partial charge in [-0.25, -0.2) is 9.59 Å². The zero-order chi connectivity index (χ0) is 32.9.